The van der Waals surface area contributed by atoms with Crippen molar-refractivity contribution in [1.82, 2.24) is 10.6 Å². The van der Waals surface area contributed by atoms with E-state index in [2.05, 4.69) is 25.4 Å². The van der Waals surface area contributed by atoms with Crippen molar-refractivity contribution in [1.29, 1.82) is 0 Å². The Kier molecular flexibility index (Phi) is 3.70. The van der Waals surface area contributed by atoms with Crippen LogP contribution in [0.1, 0.15) is 19.8 Å². The quantitative estimate of drug-likeness (QED) is 0.785. The molecule has 1 aromatic rings. The fraction of sp³-hybridized carbons (Fsp3) is 0.429. The molecule has 2 aliphatic rings. The number of carbonyl (C=O) groups excluding carboxylic acids is 2. The van der Waals surface area contributed by atoms with Gasteiger partial charge in [0.15, 0.2) is 11.5 Å². The Hall–Kier alpha value is -2.58. The normalized spacial score (nSPS) is 18.9. The molecule has 23 heavy (non-hydrogen) atoms. The summed E-state index contributed by atoms with van der Waals surface area (Å²) in [6.07, 6.45) is -1.86. The summed E-state index contributed by atoms with van der Waals surface area (Å²) in [6.45, 7) is 1.54. The zero-order chi connectivity index (χ0) is 16.6. The molecule has 1 fully saturated rings. The number of benzene rings is 1. The van der Waals surface area contributed by atoms with E-state index in [0.717, 1.165) is 12.8 Å². The summed E-state index contributed by atoms with van der Waals surface area (Å²) in [5.41, 5.74) is 0.385. The van der Waals surface area contributed by atoms with Crippen LogP contribution in [0, 0.1) is 0 Å². The van der Waals surface area contributed by atoms with Gasteiger partial charge in [0.2, 0.25) is 5.91 Å². The van der Waals surface area contributed by atoms with Gasteiger partial charge in [0.1, 0.15) is 6.04 Å². The molecular formula is C14H15F2N3O4. The summed E-state index contributed by atoms with van der Waals surface area (Å²) in [6, 6.07) is 2.92. The molecule has 1 atom stereocenters. The second-order valence-electron chi connectivity index (χ2n) is 5.43. The topological polar surface area (TPSA) is 88.7 Å². The average Bonchev–Trinajstić information content (AvgIpc) is 3.18. The Bertz CT molecular complexity index is 649. The van der Waals surface area contributed by atoms with Crippen LogP contribution in [0.25, 0.3) is 0 Å². The number of nitrogens with one attached hydrogen (secondary N) is 3. The van der Waals surface area contributed by atoms with Crippen LogP contribution in [0.4, 0.5) is 19.3 Å². The van der Waals surface area contributed by atoms with Gasteiger partial charge >= 0.3 is 12.3 Å². The minimum Gasteiger partial charge on any atom is -0.395 e. The minimum absolute atomic E-state index is 0.0820. The highest BCUT2D eigenvalue weighted by atomic mass is 19.3. The van der Waals surface area contributed by atoms with E-state index in [0.29, 0.717) is 5.69 Å². The number of ether oxygens (including phenoxy) is 2. The van der Waals surface area contributed by atoms with Gasteiger partial charge in [-0.25, -0.2) is 4.79 Å². The lowest BCUT2D eigenvalue weighted by atomic mass is 10.2. The largest absolute Gasteiger partial charge is 0.586 e. The molecule has 0 aromatic heterocycles. The zero-order valence-electron chi connectivity index (χ0n) is 12.2. The van der Waals surface area contributed by atoms with Crippen molar-refractivity contribution in [3.05, 3.63) is 18.2 Å². The molecule has 1 aliphatic carbocycles. The lowest BCUT2D eigenvalue weighted by Gasteiger charge is -2.15. The van der Waals surface area contributed by atoms with Crippen LogP contribution in [0.5, 0.6) is 11.5 Å². The van der Waals surface area contributed by atoms with E-state index in [4.69, 9.17) is 0 Å². The zero-order valence-corrected chi connectivity index (χ0v) is 12.2. The Balaban J connectivity index is 1.56. The van der Waals surface area contributed by atoms with Crippen molar-refractivity contribution < 1.29 is 27.8 Å². The highest BCUT2D eigenvalue weighted by Gasteiger charge is 2.43. The van der Waals surface area contributed by atoms with Gasteiger partial charge in [-0.3, -0.25) is 10.1 Å². The summed E-state index contributed by atoms with van der Waals surface area (Å²) < 4.78 is 34.5. The molecule has 9 heteroatoms. The first-order chi connectivity index (χ1) is 10.8. The Morgan fingerprint density at radius 1 is 1.26 bits per heavy atom. The molecule has 0 bridgehead atoms. The maximum Gasteiger partial charge on any atom is 0.586 e. The van der Waals surface area contributed by atoms with E-state index in [1.807, 2.05) is 0 Å². The van der Waals surface area contributed by atoms with Gasteiger partial charge in [-0.2, -0.15) is 0 Å². The van der Waals surface area contributed by atoms with E-state index in [9.17, 15) is 18.4 Å². The van der Waals surface area contributed by atoms with Gasteiger partial charge in [0.05, 0.1) is 0 Å². The number of anilines is 1. The van der Waals surface area contributed by atoms with Gasteiger partial charge in [-0.1, -0.05) is 0 Å². The van der Waals surface area contributed by atoms with Gasteiger partial charge in [0, 0.05) is 17.8 Å². The lowest BCUT2D eigenvalue weighted by Crippen LogP contribution is -2.46. The first-order valence-electron chi connectivity index (χ1n) is 7.10. The molecule has 1 saturated carbocycles. The van der Waals surface area contributed by atoms with E-state index in [1.165, 1.54) is 18.2 Å². The van der Waals surface area contributed by atoms with Gasteiger partial charge in [-0.15, -0.1) is 8.78 Å². The number of amides is 3. The Labute approximate surface area is 130 Å². The summed E-state index contributed by atoms with van der Waals surface area (Å²) >= 11 is 0. The molecule has 0 spiro atoms. The fourth-order valence-electron chi connectivity index (χ4n) is 2.02. The van der Waals surface area contributed by atoms with Crippen LogP contribution >= 0.6 is 0 Å². The third-order valence-electron chi connectivity index (χ3n) is 3.33. The average molecular weight is 327 g/mol. The van der Waals surface area contributed by atoms with E-state index in [-0.39, 0.29) is 17.5 Å². The number of carbonyl (C=O) groups is 2. The van der Waals surface area contributed by atoms with Crippen LogP contribution < -0.4 is 25.4 Å². The smallest absolute Gasteiger partial charge is 0.395 e. The highest BCUT2D eigenvalue weighted by Crippen LogP contribution is 2.42. The Morgan fingerprint density at radius 3 is 2.65 bits per heavy atom. The number of halogens is 2. The van der Waals surface area contributed by atoms with Gasteiger partial charge in [-0.05, 0) is 31.9 Å². The molecule has 1 heterocycles. The summed E-state index contributed by atoms with van der Waals surface area (Å²) in [5.74, 6) is -0.744. The Morgan fingerprint density at radius 2 is 1.96 bits per heavy atom. The molecule has 0 radical (unpaired) electrons. The molecule has 0 unspecified atom stereocenters. The third kappa shape index (κ3) is 3.79. The number of rotatable bonds is 4. The van der Waals surface area contributed by atoms with Crippen LogP contribution in [0.15, 0.2) is 18.2 Å². The number of urea groups is 1. The predicted octanol–water partition coefficient (Wildman–Crippen LogP) is 1.80. The van der Waals surface area contributed by atoms with Crippen molar-refractivity contribution in [2.75, 3.05) is 5.32 Å². The molecular weight excluding hydrogens is 312 g/mol. The second-order valence-corrected chi connectivity index (χ2v) is 5.43. The molecule has 1 aromatic carbocycles. The van der Waals surface area contributed by atoms with E-state index >= 15 is 0 Å². The van der Waals surface area contributed by atoms with Crippen molar-refractivity contribution in [2.24, 2.45) is 0 Å². The van der Waals surface area contributed by atoms with E-state index in [1.54, 1.807) is 6.92 Å². The molecule has 1 aliphatic heterocycles. The van der Waals surface area contributed by atoms with Crippen molar-refractivity contribution in [3.63, 3.8) is 0 Å². The van der Waals surface area contributed by atoms with E-state index < -0.39 is 24.3 Å². The first-order valence-corrected chi connectivity index (χ1v) is 7.10. The van der Waals surface area contributed by atoms with Crippen molar-refractivity contribution in [2.45, 2.75) is 38.1 Å². The van der Waals surface area contributed by atoms with Crippen LogP contribution in [0.2, 0.25) is 0 Å². The SMILES string of the molecule is C[C@H](Nc1ccc2c(c1)OC(F)(F)O2)C(=O)NC(=O)NC1CC1. The molecule has 3 amide bonds. The van der Waals surface area contributed by atoms with Gasteiger partial charge in [0.25, 0.3) is 0 Å². The highest BCUT2D eigenvalue weighted by molar-refractivity contribution is 5.98. The number of fused-ring (bicyclic) bond motifs is 1. The van der Waals surface area contributed by atoms with Crippen LogP contribution in [-0.4, -0.2) is 30.3 Å². The van der Waals surface area contributed by atoms with Crippen LogP contribution in [-0.2, 0) is 4.79 Å². The first kappa shape index (κ1) is 15.3. The predicted molar refractivity (Wildman–Crippen MR) is 75.4 cm³/mol. The maximum atomic E-state index is 12.9. The summed E-state index contributed by atoms with van der Waals surface area (Å²) in [5, 5.41) is 7.64. The number of hydrogen-bond acceptors (Lipinski definition) is 5. The maximum absolute atomic E-state index is 12.9. The standard InChI is InChI=1S/C14H15F2N3O4/c1-7(12(20)19-13(21)18-8-2-3-8)17-9-4-5-10-11(6-9)23-14(15,16)22-10/h4-8,17H,2-3H2,1H3,(H2,18,19,20,21)/t7-/m0/s1. The molecule has 124 valence electrons. The third-order valence-corrected chi connectivity index (χ3v) is 3.33. The fourth-order valence-corrected chi connectivity index (χ4v) is 2.02. The molecule has 3 rings (SSSR count). The molecule has 7 nitrogen and oxygen atoms in total. The molecule has 3 N–H and O–H groups in total. The second kappa shape index (κ2) is 5.56. The number of hydrogen-bond donors (Lipinski definition) is 3. The number of imide groups is 1. The minimum atomic E-state index is -3.69. The van der Waals surface area contributed by atoms with Crippen molar-refractivity contribution in [3.8, 4) is 11.5 Å². The van der Waals surface area contributed by atoms with Gasteiger partial charge < -0.3 is 20.1 Å². The molecule has 0 saturated heterocycles. The lowest BCUT2D eigenvalue weighted by molar-refractivity contribution is -0.286. The van der Waals surface area contributed by atoms with Crippen molar-refractivity contribution >= 4 is 17.6 Å². The van der Waals surface area contributed by atoms with Crippen LogP contribution in [0.3, 0.4) is 0 Å². The monoisotopic (exact) mass is 327 g/mol. The number of alkyl halides is 2. The summed E-state index contributed by atoms with van der Waals surface area (Å²) in [7, 11) is 0. The summed E-state index contributed by atoms with van der Waals surface area (Å²) in [4.78, 5) is 23.4.